The van der Waals surface area contributed by atoms with Crippen LogP contribution in [-0.2, 0) is 0 Å². The fourth-order valence-corrected chi connectivity index (χ4v) is 4.45. The summed E-state index contributed by atoms with van der Waals surface area (Å²) in [7, 11) is 0. The number of carbonyl (C=O) groups is 1. The standard InChI is InChI=1S/C17H35N7O/c1-11-10-15(19-9-8-18)22-16(20-11)24-17(25)23-14-7-6-12-4-2-3-5-13(12)21-14/h11-16,19-22H,2-10,18H2,1H3,(H2,23,24,25). The highest BCUT2D eigenvalue weighted by Gasteiger charge is 2.32. The molecule has 6 atom stereocenters. The largest absolute Gasteiger partial charge is 0.329 e. The van der Waals surface area contributed by atoms with Crippen molar-refractivity contribution in [3.63, 3.8) is 0 Å². The zero-order chi connectivity index (χ0) is 17.6. The van der Waals surface area contributed by atoms with Crippen molar-refractivity contribution in [3.8, 4) is 0 Å². The predicted octanol–water partition coefficient (Wildman–Crippen LogP) is -0.317. The molecule has 8 N–H and O–H groups in total. The lowest BCUT2D eigenvalue weighted by molar-refractivity contribution is 0.154. The highest BCUT2D eigenvalue weighted by atomic mass is 16.2. The van der Waals surface area contributed by atoms with Gasteiger partial charge in [-0.1, -0.05) is 12.8 Å². The van der Waals surface area contributed by atoms with Crippen LogP contribution in [0.2, 0.25) is 0 Å². The summed E-state index contributed by atoms with van der Waals surface area (Å²) in [6, 6.07) is 0.754. The Hall–Kier alpha value is -0.930. The van der Waals surface area contributed by atoms with E-state index in [9.17, 15) is 4.79 Å². The molecule has 0 aromatic carbocycles. The van der Waals surface area contributed by atoms with Crippen LogP contribution < -0.4 is 37.6 Å². The van der Waals surface area contributed by atoms with Gasteiger partial charge >= 0.3 is 6.03 Å². The maximum atomic E-state index is 12.4. The minimum Gasteiger partial charge on any atom is -0.329 e. The Morgan fingerprint density at radius 2 is 1.88 bits per heavy atom. The fourth-order valence-electron chi connectivity index (χ4n) is 4.45. The molecular formula is C17H35N7O. The normalized spacial score (nSPS) is 38.6. The van der Waals surface area contributed by atoms with Crippen LogP contribution in [0.3, 0.4) is 0 Å². The third kappa shape index (κ3) is 5.52. The van der Waals surface area contributed by atoms with Gasteiger partial charge in [-0.2, -0.15) is 0 Å². The number of rotatable bonds is 5. The Kier molecular flexibility index (Phi) is 6.89. The molecule has 0 spiro atoms. The molecule has 2 heterocycles. The maximum Gasteiger partial charge on any atom is 0.318 e. The lowest BCUT2D eigenvalue weighted by Crippen LogP contribution is -2.69. The summed E-state index contributed by atoms with van der Waals surface area (Å²) in [6.07, 6.45) is 8.40. The van der Waals surface area contributed by atoms with Gasteiger partial charge in [-0.3, -0.25) is 16.0 Å². The zero-order valence-electron chi connectivity index (χ0n) is 15.3. The number of nitrogens with one attached hydrogen (secondary N) is 6. The molecule has 3 fully saturated rings. The first-order valence-corrected chi connectivity index (χ1v) is 9.92. The van der Waals surface area contributed by atoms with E-state index in [1.807, 2.05) is 0 Å². The molecule has 0 bridgehead atoms. The molecule has 144 valence electrons. The quantitative estimate of drug-likeness (QED) is 0.365. The number of amides is 2. The van der Waals surface area contributed by atoms with Crippen LogP contribution in [-0.4, -0.2) is 49.8 Å². The Labute approximate surface area is 150 Å². The second-order valence-electron chi connectivity index (χ2n) is 7.76. The van der Waals surface area contributed by atoms with Crippen molar-refractivity contribution in [3.05, 3.63) is 0 Å². The molecule has 0 aromatic heterocycles. The Morgan fingerprint density at radius 3 is 2.72 bits per heavy atom. The number of hydrogen-bond acceptors (Lipinski definition) is 6. The summed E-state index contributed by atoms with van der Waals surface area (Å²) in [4.78, 5) is 12.4. The number of fused-ring (bicyclic) bond motifs is 1. The zero-order valence-corrected chi connectivity index (χ0v) is 15.3. The molecule has 2 saturated heterocycles. The number of carbonyl (C=O) groups excluding carboxylic acids is 1. The number of nitrogens with two attached hydrogens (primary N) is 1. The minimum absolute atomic E-state index is 0.0755. The molecule has 2 amide bonds. The van der Waals surface area contributed by atoms with Crippen molar-refractivity contribution in [2.45, 2.75) is 82.6 Å². The van der Waals surface area contributed by atoms with E-state index >= 15 is 0 Å². The number of urea groups is 1. The molecule has 1 aliphatic carbocycles. The van der Waals surface area contributed by atoms with E-state index in [4.69, 9.17) is 5.73 Å². The molecule has 8 nitrogen and oxygen atoms in total. The van der Waals surface area contributed by atoms with Gasteiger partial charge in [0.25, 0.3) is 0 Å². The van der Waals surface area contributed by atoms with Crippen LogP contribution >= 0.6 is 0 Å². The molecule has 3 rings (SSSR count). The summed E-state index contributed by atoms with van der Waals surface area (Å²) < 4.78 is 0. The smallest absolute Gasteiger partial charge is 0.318 e. The first kappa shape index (κ1) is 18.8. The Balaban J connectivity index is 1.42. The average Bonchev–Trinajstić information content (AvgIpc) is 2.59. The molecule has 8 heteroatoms. The van der Waals surface area contributed by atoms with Crippen molar-refractivity contribution in [2.75, 3.05) is 13.1 Å². The second kappa shape index (κ2) is 9.14. The van der Waals surface area contributed by atoms with E-state index in [2.05, 4.69) is 38.8 Å². The predicted molar refractivity (Wildman–Crippen MR) is 98.6 cm³/mol. The molecule has 2 aliphatic heterocycles. The van der Waals surface area contributed by atoms with Gasteiger partial charge in [0.1, 0.15) is 6.29 Å². The Bertz CT molecular complexity index is 435. The molecule has 0 aromatic rings. The molecular weight excluding hydrogens is 318 g/mol. The van der Waals surface area contributed by atoms with Gasteiger partial charge in [0, 0.05) is 25.2 Å². The lowest BCUT2D eigenvalue weighted by atomic mass is 9.79. The molecule has 6 unspecified atom stereocenters. The van der Waals surface area contributed by atoms with Gasteiger partial charge in [-0.05, 0) is 44.9 Å². The SMILES string of the molecule is CC1CC(NCCN)NC(NC(=O)NC2CCC3CCCCC3N2)N1. The van der Waals surface area contributed by atoms with E-state index < -0.39 is 0 Å². The number of hydrogen-bond donors (Lipinski definition) is 7. The van der Waals surface area contributed by atoms with E-state index in [1.165, 1.54) is 32.1 Å². The highest BCUT2D eigenvalue weighted by molar-refractivity contribution is 5.74. The number of piperidine rings is 1. The van der Waals surface area contributed by atoms with Crippen molar-refractivity contribution in [2.24, 2.45) is 11.7 Å². The first-order chi connectivity index (χ1) is 12.1. The minimum atomic E-state index is -0.245. The molecule has 0 radical (unpaired) electrons. The van der Waals surface area contributed by atoms with Crippen LogP contribution in [0.15, 0.2) is 0 Å². The third-order valence-corrected chi connectivity index (χ3v) is 5.67. The molecule has 25 heavy (non-hydrogen) atoms. The van der Waals surface area contributed by atoms with E-state index in [1.54, 1.807) is 0 Å². The highest BCUT2D eigenvalue weighted by Crippen LogP contribution is 2.31. The lowest BCUT2D eigenvalue weighted by Gasteiger charge is -2.41. The van der Waals surface area contributed by atoms with E-state index in [-0.39, 0.29) is 24.7 Å². The van der Waals surface area contributed by atoms with Crippen molar-refractivity contribution in [1.29, 1.82) is 0 Å². The van der Waals surface area contributed by atoms with Gasteiger partial charge in [0.05, 0.1) is 12.3 Å². The van der Waals surface area contributed by atoms with Crippen LogP contribution in [0.1, 0.15) is 51.9 Å². The summed E-state index contributed by atoms with van der Waals surface area (Å²) in [5.74, 6) is 0.798. The summed E-state index contributed by atoms with van der Waals surface area (Å²) >= 11 is 0. The van der Waals surface area contributed by atoms with E-state index in [0.29, 0.717) is 18.6 Å². The van der Waals surface area contributed by atoms with Gasteiger partial charge in [-0.15, -0.1) is 0 Å². The molecule has 1 saturated carbocycles. The van der Waals surface area contributed by atoms with Crippen LogP contribution in [0.25, 0.3) is 0 Å². The molecule has 3 aliphatic rings. The van der Waals surface area contributed by atoms with Gasteiger partial charge < -0.3 is 21.7 Å². The average molecular weight is 354 g/mol. The summed E-state index contributed by atoms with van der Waals surface area (Å²) in [6.45, 7) is 3.49. The summed E-state index contributed by atoms with van der Waals surface area (Å²) in [5.41, 5.74) is 5.55. The maximum absolute atomic E-state index is 12.4. The summed E-state index contributed by atoms with van der Waals surface area (Å²) in [5, 5.41) is 19.8. The van der Waals surface area contributed by atoms with Crippen molar-refractivity contribution < 1.29 is 4.79 Å². The van der Waals surface area contributed by atoms with Gasteiger partial charge in [0.2, 0.25) is 0 Å². The topological polar surface area (TPSA) is 115 Å². The van der Waals surface area contributed by atoms with Gasteiger partial charge in [0.15, 0.2) is 0 Å². The van der Waals surface area contributed by atoms with Crippen LogP contribution in [0.4, 0.5) is 4.79 Å². The van der Waals surface area contributed by atoms with Crippen LogP contribution in [0, 0.1) is 5.92 Å². The fraction of sp³-hybridized carbons (Fsp3) is 0.941. The van der Waals surface area contributed by atoms with Crippen molar-refractivity contribution in [1.82, 2.24) is 31.9 Å². The van der Waals surface area contributed by atoms with Crippen molar-refractivity contribution >= 4 is 6.03 Å². The van der Waals surface area contributed by atoms with Crippen LogP contribution in [0.5, 0.6) is 0 Å². The monoisotopic (exact) mass is 353 g/mol. The van der Waals surface area contributed by atoms with E-state index in [0.717, 1.165) is 25.3 Å². The first-order valence-electron chi connectivity index (χ1n) is 9.92. The second-order valence-corrected chi connectivity index (χ2v) is 7.76. The van der Waals surface area contributed by atoms with Gasteiger partial charge in [-0.25, -0.2) is 4.79 Å². The Morgan fingerprint density at radius 1 is 1.04 bits per heavy atom. The third-order valence-electron chi connectivity index (χ3n) is 5.67.